The number of nitrogens with zero attached hydrogens (tertiary/aromatic N) is 1. The van der Waals surface area contributed by atoms with E-state index in [2.05, 4.69) is 5.32 Å². The van der Waals surface area contributed by atoms with Crippen LogP contribution < -0.4 is 10.2 Å². The quantitative estimate of drug-likeness (QED) is 0.686. The number of carbonyl (C=O) groups excluding carboxylic acids is 2. The van der Waals surface area contributed by atoms with Gasteiger partial charge in [0.25, 0.3) is 0 Å². The maximum Gasteiger partial charge on any atom is 0.329 e. The molecule has 1 atom stereocenters. The molecule has 24 heavy (non-hydrogen) atoms. The van der Waals surface area contributed by atoms with Crippen LogP contribution in [-0.4, -0.2) is 49.2 Å². The lowest BCUT2D eigenvalue weighted by Crippen LogP contribution is -2.35. The molecule has 2 N–H and O–H groups in total. The summed E-state index contributed by atoms with van der Waals surface area (Å²) >= 11 is 0. The first-order chi connectivity index (χ1) is 11.5. The van der Waals surface area contributed by atoms with Gasteiger partial charge in [-0.05, 0) is 18.1 Å². The summed E-state index contributed by atoms with van der Waals surface area (Å²) in [5, 5.41) is 11.1. The molecule has 7 nitrogen and oxygen atoms in total. The second-order valence-electron chi connectivity index (χ2n) is 5.63. The first kappa shape index (κ1) is 17.9. The molecule has 0 radical (unpaired) electrons. The van der Waals surface area contributed by atoms with Crippen LogP contribution in [0.1, 0.15) is 18.9 Å². The molecule has 1 aromatic carbocycles. The highest BCUT2D eigenvalue weighted by Gasteiger charge is 2.35. The summed E-state index contributed by atoms with van der Waals surface area (Å²) in [5.41, 5.74) is 1.94. The van der Waals surface area contributed by atoms with Gasteiger partial charge in [0.05, 0.1) is 12.5 Å². The molecule has 1 fully saturated rings. The summed E-state index contributed by atoms with van der Waals surface area (Å²) in [6.45, 7) is 2.35. The second kappa shape index (κ2) is 8.44. The summed E-state index contributed by atoms with van der Waals surface area (Å²) in [5.74, 6) is -1.72. The SMILES string of the molecule is CCc1ccccc1N1CC(C(=O)NCCOCC(=O)O)CC1=O. The van der Waals surface area contributed by atoms with Crippen molar-refractivity contribution in [1.29, 1.82) is 0 Å². The fourth-order valence-electron chi connectivity index (χ4n) is 2.74. The monoisotopic (exact) mass is 334 g/mol. The average Bonchev–Trinajstić information content (AvgIpc) is 2.95. The van der Waals surface area contributed by atoms with Crippen molar-refractivity contribution in [3.63, 3.8) is 0 Å². The molecule has 0 aliphatic carbocycles. The number of carboxylic acids is 1. The van der Waals surface area contributed by atoms with E-state index < -0.39 is 11.9 Å². The van der Waals surface area contributed by atoms with Gasteiger partial charge in [0.15, 0.2) is 0 Å². The van der Waals surface area contributed by atoms with Gasteiger partial charge < -0.3 is 20.1 Å². The lowest BCUT2D eigenvalue weighted by Gasteiger charge is -2.20. The van der Waals surface area contributed by atoms with Crippen LogP contribution in [0.15, 0.2) is 24.3 Å². The number of nitrogens with one attached hydrogen (secondary N) is 1. The van der Waals surface area contributed by atoms with E-state index >= 15 is 0 Å². The Morgan fingerprint density at radius 1 is 1.38 bits per heavy atom. The summed E-state index contributed by atoms with van der Waals surface area (Å²) in [4.78, 5) is 36.4. The molecular weight excluding hydrogens is 312 g/mol. The molecule has 0 spiro atoms. The van der Waals surface area contributed by atoms with E-state index in [0.29, 0.717) is 6.54 Å². The van der Waals surface area contributed by atoms with Crippen molar-refractivity contribution in [2.45, 2.75) is 19.8 Å². The second-order valence-corrected chi connectivity index (χ2v) is 5.63. The van der Waals surface area contributed by atoms with Crippen LogP contribution >= 0.6 is 0 Å². The van der Waals surface area contributed by atoms with Gasteiger partial charge in [0.2, 0.25) is 11.8 Å². The number of aliphatic carboxylic acids is 1. The zero-order chi connectivity index (χ0) is 17.5. The maximum atomic E-state index is 12.3. The van der Waals surface area contributed by atoms with Crippen LogP contribution in [-0.2, 0) is 25.5 Å². The highest BCUT2D eigenvalue weighted by Crippen LogP contribution is 2.28. The Hall–Kier alpha value is -2.41. The zero-order valence-electron chi connectivity index (χ0n) is 13.7. The van der Waals surface area contributed by atoms with Gasteiger partial charge in [-0.3, -0.25) is 9.59 Å². The standard InChI is InChI=1S/C17H22N2O5/c1-2-12-5-3-4-6-14(12)19-10-13(9-15(19)20)17(23)18-7-8-24-11-16(21)22/h3-6,13H,2,7-11H2,1H3,(H,18,23)(H,21,22). The van der Waals surface area contributed by atoms with Crippen molar-refractivity contribution in [3.05, 3.63) is 29.8 Å². The number of rotatable bonds is 8. The number of para-hydroxylation sites is 1. The molecule has 0 saturated carbocycles. The number of hydrogen-bond acceptors (Lipinski definition) is 4. The van der Waals surface area contributed by atoms with Crippen molar-refractivity contribution in [3.8, 4) is 0 Å². The normalized spacial score (nSPS) is 17.1. The molecular formula is C17H22N2O5. The summed E-state index contributed by atoms with van der Waals surface area (Å²) in [7, 11) is 0. The summed E-state index contributed by atoms with van der Waals surface area (Å²) < 4.78 is 4.86. The molecule has 1 aliphatic rings. The molecule has 1 heterocycles. The minimum Gasteiger partial charge on any atom is -0.480 e. The molecule has 0 bridgehead atoms. The fourth-order valence-corrected chi connectivity index (χ4v) is 2.74. The zero-order valence-corrected chi connectivity index (χ0v) is 13.7. The van der Waals surface area contributed by atoms with Crippen molar-refractivity contribution >= 4 is 23.5 Å². The predicted molar refractivity (Wildman–Crippen MR) is 87.7 cm³/mol. The van der Waals surface area contributed by atoms with Crippen molar-refractivity contribution < 1.29 is 24.2 Å². The smallest absolute Gasteiger partial charge is 0.329 e. The Labute approximate surface area is 140 Å². The van der Waals surface area contributed by atoms with Crippen LogP contribution in [0.5, 0.6) is 0 Å². The van der Waals surface area contributed by atoms with Crippen LogP contribution in [0.25, 0.3) is 0 Å². The van der Waals surface area contributed by atoms with Gasteiger partial charge in [-0.15, -0.1) is 0 Å². The van der Waals surface area contributed by atoms with E-state index in [1.54, 1.807) is 4.90 Å². The van der Waals surface area contributed by atoms with Gasteiger partial charge in [0.1, 0.15) is 6.61 Å². The largest absolute Gasteiger partial charge is 0.480 e. The van der Waals surface area contributed by atoms with E-state index in [4.69, 9.17) is 9.84 Å². The topological polar surface area (TPSA) is 95.9 Å². The van der Waals surface area contributed by atoms with Crippen LogP contribution in [0.2, 0.25) is 0 Å². The van der Waals surface area contributed by atoms with Crippen LogP contribution in [0.3, 0.4) is 0 Å². The number of amides is 2. The van der Waals surface area contributed by atoms with E-state index in [9.17, 15) is 14.4 Å². The van der Waals surface area contributed by atoms with Gasteiger partial charge >= 0.3 is 5.97 Å². The molecule has 130 valence electrons. The third-order valence-electron chi connectivity index (χ3n) is 3.93. The van der Waals surface area contributed by atoms with E-state index in [1.165, 1.54) is 0 Å². The maximum absolute atomic E-state index is 12.3. The number of carbonyl (C=O) groups is 3. The van der Waals surface area contributed by atoms with E-state index in [1.807, 2.05) is 31.2 Å². The number of aryl methyl sites for hydroxylation is 1. The highest BCUT2D eigenvalue weighted by molar-refractivity contribution is 6.00. The summed E-state index contributed by atoms with van der Waals surface area (Å²) in [6.07, 6.45) is 0.998. The minimum atomic E-state index is -1.05. The van der Waals surface area contributed by atoms with Gasteiger partial charge in [-0.1, -0.05) is 25.1 Å². The van der Waals surface area contributed by atoms with Crippen molar-refractivity contribution in [1.82, 2.24) is 5.32 Å². The van der Waals surface area contributed by atoms with E-state index in [-0.39, 0.29) is 38.0 Å². The predicted octanol–water partition coefficient (Wildman–Crippen LogP) is 0.819. The molecule has 2 amide bonds. The fraction of sp³-hybridized carbons (Fsp3) is 0.471. The molecule has 1 aliphatic heterocycles. The lowest BCUT2D eigenvalue weighted by atomic mass is 10.1. The third kappa shape index (κ3) is 4.55. The molecule has 1 aromatic rings. The Bertz CT molecular complexity index is 617. The number of carboxylic acid groups (broad SMARTS) is 1. The molecule has 1 unspecified atom stereocenters. The van der Waals surface area contributed by atoms with Crippen LogP contribution in [0.4, 0.5) is 5.69 Å². The van der Waals surface area contributed by atoms with Crippen LogP contribution in [0, 0.1) is 5.92 Å². The molecule has 2 rings (SSSR count). The van der Waals surface area contributed by atoms with Gasteiger partial charge in [-0.25, -0.2) is 4.79 Å². The number of ether oxygens (including phenoxy) is 1. The highest BCUT2D eigenvalue weighted by atomic mass is 16.5. The Kier molecular flexibility index (Phi) is 6.31. The number of benzene rings is 1. The minimum absolute atomic E-state index is 0.0572. The first-order valence-electron chi connectivity index (χ1n) is 7.98. The molecule has 7 heteroatoms. The lowest BCUT2D eigenvalue weighted by molar-refractivity contribution is -0.142. The van der Waals surface area contributed by atoms with Gasteiger partial charge in [-0.2, -0.15) is 0 Å². The van der Waals surface area contributed by atoms with Crippen molar-refractivity contribution in [2.75, 3.05) is 31.2 Å². The molecule has 1 saturated heterocycles. The summed E-state index contributed by atoms with van der Waals surface area (Å²) in [6, 6.07) is 7.70. The Morgan fingerprint density at radius 3 is 2.83 bits per heavy atom. The average molecular weight is 334 g/mol. The number of anilines is 1. The Morgan fingerprint density at radius 2 is 2.12 bits per heavy atom. The van der Waals surface area contributed by atoms with Crippen molar-refractivity contribution in [2.24, 2.45) is 5.92 Å². The number of hydrogen-bond donors (Lipinski definition) is 2. The van der Waals surface area contributed by atoms with Gasteiger partial charge in [0, 0.05) is 25.2 Å². The molecule has 0 aromatic heterocycles. The van der Waals surface area contributed by atoms with E-state index in [0.717, 1.165) is 17.7 Å². The Balaban J connectivity index is 1.87. The third-order valence-corrected chi connectivity index (χ3v) is 3.93. The first-order valence-corrected chi connectivity index (χ1v) is 7.98.